The minimum absolute atomic E-state index is 0.115. The van der Waals surface area contributed by atoms with Crippen LogP contribution in [0.5, 0.6) is 0 Å². The lowest BCUT2D eigenvalue weighted by molar-refractivity contribution is 0.101. The molecule has 1 atom stereocenters. The predicted molar refractivity (Wildman–Crippen MR) is 82.6 cm³/mol. The molecule has 0 saturated carbocycles. The molecular weight excluding hydrogens is 256 g/mol. The van der Waals surface area contributed by atoms with Crippen molar-refractivity contribution < 1.29 is 5.11 Å². The molecule has 3 nitrogen and oxygen atoms in total. The van der Waals surface area contributed by atoms with Gasteiger partial charge in [0.05, 0.1) is 11.8 Å². The third kappa shape index (κ3) is 5.21. The maximum absolute atomic E-state index is 10.0. The van der Waals surface area contributed by atoms with Crippen LogP contribution in [0.15, 0.2) is 5.38 Å². The van der Waals surface area contributed by atoms with Crippen molar-refractivity contribution >= 4 is 11.3 Å². The van der Waals surface area contributed by atoms with Gasteiger partial charge in [-0.2, -0.15) is 0 Å². The fraction of sp³-hybridized carbons (Fsp3) is 0.800. The van der Waals surface area contributed by atoms with E-state index in [1.54, 1.807) is 11.3 Å². The predicted octanol–water partition coefficient (Wildman–Crippen LogP) is 3.33. The number of thiazole rings is 1. The largest absolute Gasteiger partial charge is 0.392 e. The number of nitrogens with zero attached hydrogens (tertiary/aromatic N) is 1. The topological polar surface area (TPSA) is 45.1 Å². The maximum atomic E-state index is 10.0. The number of aliphatic hydroxyl groups is 1. The summed E-state index contributed by atoms with van der Waals surface area (Å²) in [5.74, 6) is 0.397. The van der Waals surface area contributed by atoms with E-state index < -0.39 is 0 Å². The van der Waals surface area contributed by atoms with E-state index >= 15 is 0 Å². The highest BCUT2D eigenvalue weighted by atomic mass is 32.1. The molecule has 0 aliphatic heterocycles. The van der Waals surface area contributed by atoms with E-state index in [1.807, 2.05) is 0 Å². The van der Waals surface area contributed by atoms with Gasteiger partial charge in [0.2, 0.25) is 0 Å². The van der Waals surface area contributed by atoms with E-state index in [0.29, 0.717) is 12.5 Å². The van der Waals surface area contributed by atoms with Crippen molar-refractivity contribution in [3.05, 3.63) is 16.1 Å². The van der Waals surface area contributed by atoms with Gasteiger partial charge in [0, 0.05) is 23.9 Å². The van der Waals surface area contributed by atoms with Crippen LogP contribution in [0.2, 0.25) is 0 Å². The van der Waals surface area contributed by atoms with Crippen LogP contribution < -0.4 is 5.32 Å². The molecule has 1 rings (SSSR count). The first-order chi connectivity index (χ1) is 8.88. The zero-order chi connectivity index (χ0) is 14.5. The first kappa shape index (κ1) is 16.6. The standard InChI is InChI=1S/C15H28N2OS/c1-6-11(7-2)12(18)8-16-9-14-17-13(10-19-14)15(3,4)5/h10-12,16,18H,6-9H2,1-5H3. The smallest absolute Gasteiger partial charge is 0.107 e. The van der Waals surface area contributed by atoms with Gasteiger partial charge in [-0.25, -0.2) is 4.98 Å². The van der Waals surface area contributed by atoms with Crippen LogP contribution in [0.25, 0.3) is 0 Å². The highest BCUT2D eigenvalue weighted by molar-refractivity contribution is 7.09. The summed E-state index contributed by atoms with van der Waals surface area (Å²) < 4.78 is 0. The van der Waals surface area contributed by atoms with Crippen LogP contribution in [-0.4, -0.2) is 22.7 Å². The van der Waals surface area contributed by atoms with E-state index in [1.165, 1.54) is 0 Å². The molecule has 1 heterocycles. The number of nitrogens with one attached hydrogen (secondary N) is 1. The van der Waals surface area contributed by atoms with Crippen LogP contribution >= 0.6 is 11.3 Å². The molecule has 1 unspecified atom stereocenters. The minimum Gasteiger partial charge on any atom is -0.392 e. The summed E-state index contributed by atoms with van der Waals surface area (Å²) in [6.07, 6.45) is 1.81. The van der Waals surface area contributed by atoms with Crippen molar-refractivity contribution in [1.29, 1.82) is 0 Å². The van der Waals surface area contributed by atoms with Crippen molar-refractivity contribution in [1.82, 2.24) is 10.3 Å². The van der Waals surface area contributed by atoms with Crippen LogP contribution in [-0.2, 0) is 12.0 Å². The Hall–Kier alpha value is -0.450. The molecular formula is C15H28N2OS. The molecule has 2 N–H and O–H groups in total. The molecule has 0 fully saturated rings. The second-order valence-corrected chi connectivity index (χ2v) is 7.09. The van der Waals surface area contributed by atoms with Gasteiger partial charge in [-0.05, 0) is 5.92 Å². The second-order valence-electron chi connectivity index (χ2n) is 6.15. The van der Waals surface area contributed by atoms with E-state index in [4.69, 9.17) is 0 Å². The number of hydrogen-bond acceptors (Lipinski definition) is 4. The lowest BCUT2D eigenvalue weighted by atomic mass is 9.93. The lowest BCUT2D eigenvalue weighted by Gasteiger charge is -2.20. The Bertz CT molecular complexity index is 366. The van der Waals surface area contributed by atoms with Crippen LogP contribution in [0.4, 0.5) is 0 Å². The quantitative estimate of drug-likeness (QED) is 0.807. The maximum Gasteiger partial charge on any atom is 0.107 e. The van der Waals surface area contributed by atoms with Crippen molar-refractivity contribution in [2.45, 2.75) is 65.5 Å². The van der Waals surface area contributed by atoms with Crippen molar-refractivity contribution in [2.75, 3.05) is 6.54 Å². The Morgan fingerprint density at radius 2 is 1.95 bits per heavy atom. The lowest BCUT2D eigenvalue weighted by Crippen LogP contribution is -2.32. The summed E-state index contributed by atoms with van der Waals surface area (Å²) in [6, 6.07) is 0. The Morgan fingerprint density at radius 1 is 1.32 bits per heavy atom. The Balaban J connectivity index is 2.39. The van der Waals surface area contributed by atoms with Crippen LogP contribution in [0.3, 0.4) is 0 Å². The first-order valence-electron chi connectivity index (χ1n) is 7.22. The zero-order valence-electron chi connectivity index (χ0n) is 12.9. The summed E-state index contributed by atoms with van der Waals surface area (Å²) in [5, 5.41) is 16.6. The van der Waals surface area contributed by atoms with Crippen LogP contribution in [0.1, 0.15) is 58.2 Å². The highest BCUT2D eigenvalue weighted by Crippen LogP contribution is 2.23. The van der Waals surface area contributed by atoms with Gasteiger partial charge in [0.15, 0.2) is 0 Å². The Labute approximate surface area is 121 Å². The summed E-state index contributed by atoms with van der Waals surface area (Å²) in [5.41, 5.74) is 1.26. The van der Waals surface area contributed by atoms with Gasteiger partial charge in [-0.15, -0.1) is 11.3 Å². The normalized spacial score (nSPS) is 14.1. The Kier molecular flexibility index (Phi) is 6.43. The van der Waals surface area contributed by atoms with Crippen molar-refractivity contribution in [3.63, 3.8) is 0 Å². The van der Waals surface area contributed by atoms with Gasteiger partial charge in [0.25, 0.3) is 0 Å². The molecule has 0 bridgehead atoms. The molecule has 0 radical (unpaired) electrons. The summed E-state index contributed by atoms with van der Waals surface area (Å²) in [6.45, 7) is 12.2. The average molecular weight is 284 g/mol. The molecule has 110 valence electrons. The number of aliphatic hydroxyl groups excluding tert-OH is 1. The van der Waals surface area contributed by atoms with Gasteiger partial charge < -0.3 is 10.4 Å². The minimum atomic E-state index is -0.253. The second kappa shape index (κ2) is 7.36. The molecule has 0 aromatic carbocycles. The van der Waals surface area contributed by atoms with Gasteiger partial charge >= 0.3 is 0 Å². The molecule has 19 heavy (non-hydrogen) atoms. The molecule has 0 spiro atoms. The summed E-state index contributed by atoms with van der Waals surface area (Å²) in [4.78, 5) is 4.64. The van der Waals surface area contributed by atoms with E-state index in [-0.39, 0.29) is 11.5 Å². The average Bonchev–Trinajstić information content (AvgIpc) is 2.79. The van der Waals surface area contributed by atoms with E-state index in [9.17, 15) is 5.11 Å². The third-order valence-corrected chi connectivity index (χ3v) is 4.39. The van der Waals surface area contributed by atoms with E-state index in [0.717, 1.165) is 30.1 Å². The molecule has 1 aromatic rings. The zero-order valence-corrected chi connectivity index (χ0v) is 13.7. The van der Waals surface area contributed by atoms with E-state index in [2.05, 4.69) is 50.3 Å². The first-order valence-corrected chi connectivity index (χ1v) is 8.10. The van der Waals surface area contributed by atoms with Gasteiger partial charge in [-0.3, -0.25) is 0 Å². The molecule has 0 aliphatic carbocycles. The molecule has 4 heteroatoms. The third-order valence-electron chi connectivity index (χ3n) is 3.54. The number of hydrogen-bond donors (Lipinski definition) is 2. The molecule has 1 aromatic heterocycles. The SMILES string of the molecule is CCC(CC)C(O)CNCc1nc(C(C)(C)C)cs1. The highest BCUT2D eigenvalue weighted by Gasteiger charge is 2.18. The Morgan fingerprint density at radius 3 is 2.42 bits per heavy atom. The van der Waals surface area contributed by atoms with Crippen molar-refractivity contribution in [2.24, 2.45) is 5.92 Å². The molecule has 0 aliphatic rings. The van der Waals surface area contributed by atoms with Crippen LogP contribution in [0, 0.1) is 5.92 Å². The monoisotopic (exact) mass is 284 g/mol. The molecule has 0 amide bonds. The van der Waals surface area contributed by atoms with Crippen molar-refractivity contribution in [3.8, 4) is 0 Å². The van der Waals surface area contributed by atoms with Gasteiger partial charge in [0.1, 0.15) is 5.01 Å². The van der Waals surface area contributed by atoms with Gasteiger partial charge in [-0.1, -0.05) is 47.5 Å². The fourth-order valence-electron chi connectivity index (χ4n) is 2.06. The summed E-state index contributed by atoms with van der Waals surface area (Å²) in [7, 11) is 0. The number of aromatic nitrogens is 1. The summed E-state index contributed by atoms with van der Waals surface area (Å²) >= 11 is 1.69. The fourth-order valence-corrected chi connectivity index (χ4v) is 3.05. The molecule has 0 saturated heterocycles. The number of rotatable bonds is 7.